The molecule has 4 rings (SSSR count). The Hall–Kier alpha value is -0.137. The Morgan fingerprint density at radius 2 is 1.13 bits per heavy atom. The first-order valence-electron chi connectivity index (χ1n) is 6.08. The van der Waals surface area contributed by atoms with Gasteiger partial charge in [-0.25, -0.2) is 0 Å². The normalized spacial score (nSPS) is 10.2. The van der Waals surface area contributed by atoms with Crippen molar-refractivity contribution >= 4 is 90.7 Å². The van der Waals surface area contributed by atoms with E-state index in [0.29, 0.717) is 0 Å². The van der Waals surface area contributed by atoms with Crippen LogP contribution in [0.1, 0.15) is 0 Å². The predicted molar refractivity (Wildman–Crippen MR) is 104 cm³/mol. The van der Waals surface area contributed by atoms with Gasteiger partial charge in [0, 0.05) is 29.5 Å². The van der Waals surface area contributed by atoms with Gasteiger partial charge in [0.2, 0.25) is 0 Å². The van der Waals surface area contributed by atoms with Gasteiger partial charge in [0.15, 0.2) is 7.91 Å². The van der Waals surface area contributed by atoms with Crippen LogP contribution in [0.25, 0.3) is 20.4 Å². The minimum absolute atomic E-state index is 0. The van der Waals surface area contributed by atoms with Crippen molar-refractivity contribution < 1.29 is 19.5 Å². The molecule has 0 spiro atoms. The smallest absolute Gasteiger partial charge is 0.159 e. The molecular formula is C14H8Cl2N2S4Zn. The predicted octanol–water partition coefficient (Wildman–Crippen LogP) is 7.22. The molecule has 0 aliphatic carbocycles. The average Bonchev–Trinajstić information content (AvgIpc) is 2.99. The second kappa shape index (κ2) is 8.30. The summed E-state index contributed by atoms with van der Waals surface area (Å²) in [5, 5.41) is 1.48. The van der Waals surface area contributed by atoms with Crippen LogP contribution in [0, 0.1) is 7.91 Å². The Kier molecular flexibility index (Phi) is 6.92. The van der Waals surface area contributed by atoms with E-state index in [1.807, 2.05) is 36.4 Å². The summed E-state index contributed by atoms with van der Waals surface area (Å²) in [5.74, 6) is 0. The van der Waals surface area contributed by atoms with E-state index in [0.717, 1.165) is 38.4 Å². The van der Waals surface area contributed by atoms with Crippen molar-refractivity contribution in [2.45, 2.75) is 0 Å². The molecule has 23 heavy (non-hydrogen) atoms. The number of benzene rings is 2. The number of fused-ring (bicyclic) bond motifs is 2. The molecular weight excluding hydrogens is 461 g/mol. The zero-order valence-corrected chi connectivity index (χ0v) is 19.3. The van der Waals surface area contributed by atoms with Gasteiger partial charge in [-0.15, -0.1) is 22.7 Å². The van der Waals surface area contributed by atoms with Crippen LogP contribution in [0.5, 0.6) is 0 Å². The van der Waals surface area contributed by atoms with E-state index in [4.69, 9.17) is 47.6 Å². The molecule has 0 radical (unpaired) electrons. The van der Waals surface area contributed by atoms with Crippen molar-refractivity contribution in [3.05, 3.63) is 54.4 Å². The van der Waals surface area contributed by atoms with Gasteiger partial charge in [-0.3, -0.25) is 0 Å². The quantitative estimate of drug-likeness (QED) is 0.211. The Morgan fingerprint density at radius 3 is 1.52 bits per heavy atom. The largest absolute Gasteiger partial charge is 0.337 e. The number of nitrogens with one attached hydrogen (secondary N) is 2. The van der Waals surface area contributed by atoms with Gasteiger partial charge in [0.25, 0.3) is 0 Å². The average molecular weight is 469 g/mol. The molecule has 0 bridgehead atoms. The summed E-state index contributed by atoms with van der Waals surface area (Å²) in [4.78, 5) is 6.10. The molecule has 0 fully saturated rings. The Morgan fingerprint density at radius 1 is 0.739 bits per heavy atom. The van der Waals surface area contributed by atoms with Gasteiger partial charge in [0.05, 0.1) is 20.4 Å². The van der Waals surface area contributed by atoms with E-state index in [1.54, 1.807) is 22.7 Å². The van der Waals surface area contributed by atoms with Crippen molar-refractivity contribution in [1.29, 1.82) is 0 Å². The summed E-state index contributed by atoms with van der Waals surface area (Å²) < 4.78 is 3.89. The Balaban J connectivity index is 0.000000160. The molecule has 2 aromatic heterocycles. The summed E-state index contributed by atoms with van der Waals surface area (Å²) >= 11 is 24.6. The van der Waals surface area contributed by atoms with Crippen molar-refractivity contribution in [3.8, 4) is 0 Å². The number of aromatic nitrogens is 2. The molecule has 2 N–H and O–H groups in total. The summed E-state index contributed by atoms with van der Waals surface area (Å²) in [5.41, 5.74) is 2.04. The summed E-state index contributed by atoms with van der Waals surface area (Å²) in [6.45, 7) is 0. The van der Waals surface area contributed by atoms with Gasteiger partial charge in [-0.1, -0.05) is 23.2 Å². The van der Waals surface area contributed by atoms with Crippen molar-refractivity contribution in [3.63, 3.8) is 0 Å². The molecule has 2 heterocycles. The molecule has 0 aliphatic rings. The monoisotopic (exact) mass is 466 g/mol. The standard InChI is InChI=1S/2C7H4ClNS2.Zn/c2*8-4-1-2-6-5(3-4)9-7(10)11-6;/h2*1-3H,(H,9,10);. The third kappa shape index (κ3) is 4.92. The third-order valence-electron chi connectivity index (χ3n) is 2.76. The molecule has 0 saturated heterocycles. The molecule has 2 aromatic carbocycles. The van der Waals surface area contributed by atoms with Crippen LogP contribution >= 0.6 is 70.3 Å². The maximum absolute atomic E-state index is 5.78. The van der Waals surface area contributed by atoms with E-state index < -0.39 is 0 Å². The van der Waals surface area contributed by atoms with E-state index in [2.05, 4.69) is 9.97 Å². The molecule has 0 aliphatic heterocycles. The van der Waals surface area contributed by atoms with Crippen LogP contribution in [-0.4, -0.2) is 9.97 Å². The summed E-state index contributed by atoms with van der Waals surface area (Å²) in [6, 6.07) is 11.4. The fraction of sp³-hybridized carbons (Fsp3) is 0. The van der Waals surface area contributed by atoms with Gasteiger partial charge >= 0.3 is 0 Å². The Bertz CT molecular complexity index is 978. The first-order chi connectivity index (χ1) is 10.5. The van der Waals surface area contributed by atoms with Crippen LogP contribution in [0.3, 0.4) is 0 Å². The second-order valence-electron chi connectivity index (χ2n) is 4.31. The first-order valence-corrected chi connectivity index (χ1v) is 9.28. The van der Waals surface area contributed by atoms with Gasteiger partial charge < -0.3 is 9.97 Å². The third-order valence-corrected chi connectivity index (χ3v) is 5.66. The van der Waals surface area contributed by atoms with E-state index in [-0.39, 0.29) is 19.5 Å². The molecule has 2 nitrogen and oxygen atoms in total. The first kappa shape index (κ1) is 19.2. The second-order valence-corrected chi connectivity index (χ2v) is 8.62. The fourth-order valence-electron chi connectivity index (χ4n) is 1.85. The van der Waals surface area contributed by atoms with Gasteiger partial charge in [-0.05, 0) is 60.8 Å². The van der Waals surface area contributed by atoms with Crippen molar-refractivity contribution in [2.75, 3.05) is 0 Å². The number of thiazole rings is 2. The molecule has 4 aromatic rings. The molecule has 0 unspecified atom stereocenters. The van der Waals surface area contributed by atoms with Gasteiger partial charge in [-0.2, -0.15) is 0 Å². The minimum atomic E-state index is 0. The number of aromatic amines is 2. The van der Waals surface area contributed by atoms with Crippen LogP contribution in [0.15, 0.2) is 36.4 Å². The summed E-state index contributed by atoms with van der Waals surface area (Å²) in [6.07, 6.45) is 0. The molecule has 9 heteroatoms. The fourth-order valence-corrected chi connectivity index (χ4v) is 4.38. The van der Waals surface area contributed by atoms with E-state index >= 15 is 0 Å². The molecule has 114 valence electrons. The van der Waals surface area contributed by atoms with Crippen molar-refractivity contribution in [2.24, 2.45) is 0 Å². The van der Waals surface area contributed by atoms with Crippen LogP contribution in [-0.2, 0) is 19.5 Å². The number of H-pyrrole nitrogens is 2. The minimum Gasteiger partial charge on any atom is -0.337 e. The number of hydrogen-bond acceptors (Lipinski definition) is 4. The van der Waals surface area contributed by atoms with E-state index in [9.17, 15) is 0 Å². The number of hydrogen-bond donors (Lipinski definition) is 2. The van der Waals surface area contributed by atoms with Crippen molar-refractivity contribution in [1.82, 2.24) is 9.97 Å². The topological polar surface area (TPSA) is 31.6 Å². The summed E-state index contributed by atoms with van der Waals surface area (Å²) in [7, 11) is 0. The van der Waals surface area contributed by atoms with Crippen LogP contribution in [0.4, 0.5) is 0 Å². The van der Waals surface area contributed by atoms with Crippen LogP contribution < -0.4 is 0 Å². The molecule has 0 amide bonds. The molecule has 0 atom stereocenters. The SMILES string of the molecule is S=c1[nH]c2cc(Cl)ccc2s1.S=c1[nH]c2cc(Cl)ccc2s1.[Zn]. The molecule has 0 saturated carbocycles. The van der Waals surface area contributed by atoms with Crippen LogP contribution in [0.2, 0.25) is 10.0 Å². The number of halogens is 2. The Labute approximate surface area is 173 Å². The van der Waals surface area contributed by atoms with Gasteiger partial charge in [0.1, 0.15) is 0 Å². The zero-order valence-electron chi connectivity index (χ0n) is 11.6. The maximum atomic E-state index is 5.78. The zero-order chi connectivity index (χ0) is 15.7. The number of rotatable bonds is 0. The van der Waals surface area contributed by atoms with E-state index in [1.165, 1.54) is 0 Å². The maximum Gasteiger partial charge on any atom is 0.159 e.